The summed E-state index contributed by atoms with van der Waals surface area (Å²) < 4.78 is 1.75. The first-order valence-electron chi connectivity index (χ1n) is 8.71. The molecule has 0 aliphatic carbocycles. The highest BCUT2D eigenvalue weighted by molar-refractivity contribution is 5.90. The third-order valence-corrected chi connectivity index (χ3v) is 3.85. The van der Waals surface area contributed by atoms with Gasteiger partial charge in [-0.3, -0.25) is 4.79 Å². The molecule has 0 saturated carbocycles. The van der Waals surface area contributed by atoms with Gasteiger partial charge in [0.05, 0.1) is 5.69 Å². The summed E-state index contributed by atoms with van der Waals surface area (Å²) in [6.45, 7) is 7.85. The first-order chi connectivity index (χ1) is 12.3. The summed E-state index contributed by atoms with van der Waals surface area (Å²) in [4.78, 5) is 17.0. The van der Waals surface area contributed by atoms with Crippen molar-refractivity contribution in [3.63, 3.8) is 0 Å². The number of amides is 1. The fourth-order valence-corrected chi connectivity index (χ4v) is 2.62. The van der Waals surface area contributed by atoms with Crippen LogP contribution in [-0.2, 0) is 6.42 Å². The predicted molar refractivity (Wildman–Crippen MR) is 103 cm³/mol. The standard InChI is InChI=1S/C21H24N4O/c1-15-10-12-17(13-11-15)25-18(14-16-8-6-5-7-9-16)22-19(24-25)20(26)23-21(2,3)4/h5-13H,14H2,1-4H3,(H,23,26). The quantitative estimate of drug-likeness (QED) is 0.782. The van der Waals surface area contributed by atoms with Crippen LogP contribution < -0.4 is 5.32 Å². The number of carbonyl (C=O) groups is 1. The largest absolute Gasteiger partial charge is 0.345 e. The van der Waals surface area contributed by atoms with E-state index in [-0.39, 0.29) is 17.3 Å². The van der Waals surface area contributed by atoms with Gasteiger partial charge in [0.1, 0.15) is 5.82 Å². The Morgan fingerprint density at radius 1 is 1.04 bits per heavy atom. The van der Waals surface area contributed by atoms with Gasteiger partial charge in [-0.15, -0.1) is 5.10 Å². The zero-order valence-electron chi connectivity index (χ0n) is 15.7. The third kappa shape index (κ3) is 4.36. The van der Waals surface area contributed by atoms with Crippen LogP contribution in [0.2, 0.25) is 0 Å². The lowest BCUT2D eigenvalue weighted by molar-refractivity contribution is 0.0909. The Bertz CT molecular complexity index is 890. The van der Waals surface area contributed by atoms with E-state index < -0.39 is 0 Å². The van der Waals surface area contributed by atoms with E-state index in [0.29, 0.717) is 6.42 Å². The van der Waals surface area contributed by atoms with Crippen molar-refractivity contribution >= 4 is 5.91 Å². The van der Waals surface area contributed by atoms with Crippen molar-refractivity contribution in [1.29, 1.82) is 0 Å². The average Bonchev–Trinajstić information content (AvgIpc) is 2.99. The minimum Gasteiger partial charge on any atom is -0.345 e. The average molecular weight is 348 g/mol. The topological polar surface area (TPSA) is 59.8 Å². The highest BCUT2D eigenvalue weighted by atomic mass is 16.2. The second-order valence-corrected chi connectivity index (χ2v) is 7.47. The van der Waals surface area contributed by atoms with E-state index >= 15 is 0 Å². The first kappa shape index (κ1) is 17.9. The summed E-state index contributed by atoms with van der Waals surface area (Å²) in [7, 11) is 0. The van der Waals surface area contributed by atoms with Crippen LogP contribution in [-0.4, -0.2) is 26.2 Å². The van der Waals surface area contributed by atoms with Gasteiger partial charge in [-0.1, -0.05) is 48.0 Å². The summed E-state index contributed by atoms with van der Waals surface area (Å²) in [5.41, 5.74) is 2.84. The molecule has 1 heterocycles. The number of benzene rings is 2. The second-order valence-electron chi connectivity index (χ2n) is 7.47. The van der Waals surface area contributed by atoms with Gasteiger partial charge in [0.15, 0.2) is 0 Å². The molecule has 0 bridgehead atoms. The molecule has 0 aliphatic heterocycles. The molecule has 134 valence electrons. The van der Waals surface area contributed by atoms with Crippen LogP contribution in [0.15, 0.2) is 54.6 Å². The molecule has 0 unspecified atom stereocenters. The summed E-state index contributed by atoms with van der Waals surface area (Å²) in [6.07, 6.45) is 0.602. The molecule has 0 radical (unpaired) electrons. The van der Waals surface area contributed by atoms with Gasteiger partial charge >= 0.3 is 0 Å². The number of aromatic nitrogens is 3. The van der Waals surface area contributed by atoms with Gasteiger partial charge in [-0.2, -0.15) is 0 Å². The monoisotopic (exact) mass is 348 g/mol. The lowest BCUT2D eigenvalue weighted by Gasteiger charge is -2.18. The summed E-state index contributed by atoms with van der Waals surface area (Å²) >= 11 is 0. The van der Waals surface area contributed by atoms with Gasteiger partial charge in [-0.05, 0) is 45.4 Å². The molecule has 0 aliphatic rings. The Morgan fingerprint density at radius 3 is 2.31 bits per heavy atom. The Morgan fingerprint density at radius 2 is 1.69 bits per heavy atom. The maximum Gasteiger partial charge on any atom is 0.291 e. The molecular formula is C21H24N4O. The molecule has 26 heavy (non-hydrogen) atoms. The molecule has 0 fully saturated rings. The molecule has 5 heteroatoms. The maximum atomic E-state index is 12.5. The van der Waals surface area contributed by atoms with Crippen molar-refractivity contribution < 1.29 is 4.79 Å². The van der Waals surface area contributed by atoms with Crippen LogP contribution in [0.1, 0.15) is 48.3 Å². The van der Waals surface area contributed by atoms with Gasteiger partial charge in [0.25, 0.3) is 5.91 Å². The lowest BCUT2D eigenvalue weighted by Crippen LogP contribution is -2.41. The number of rotatable bonds is 4. The zero-order chi connectivity index (χ0) is 18.7. The zero-order valence-corrected chi connectivity index (χ0v) is 15.7. The van der Waals surface area contributed by atoms with Crippen molar-refractivity contribution in [3.8, 4) is 5.69 Å². The Kier molecular flexibility index (Phi) is 4.89. The predicted octanol–water partition coefficient (Wildman–Crippen LogP) is 3.69. The van der Waals surface area contributed by atoms with E-state index in [1.807, 2.05) is 82.3 Å². The molecule has 1 N–H and O–H groups in total. The van der Waals surface area contributed by atoms with Crippen LogP contribution in [0.25, 0.3) is 5.69 Å². The third-order valence-electron chi connectivity index (χ3n) is 3.85. The first-order valence-corrected chi connectivity index (χ1v) is 8.71. The van der Waals surface area contributed by atoms with Gasteiger partial charge in [-0.25, -0.2) is 9.67 Å². The summed E-state index contributed by atoms with van der Waals surface area (Å²) in [6, 6.07) is 18.1. The smallest absolute Gasteiger partial charge is 0.291 e. The van der Waals surface area contributed by atoms with Crippen molar-refractivity contribution in [2.45, 2.75) is 39.7 Å². The lowest BCUT2D eigenvalue weighted by atomic mass is 10.1. The van der Waals surface area contributed by atoms with Gasteiger partial charge in [0, 0.05) is 12.0 Å². The number of hydrogen-bond donors (Lipinski definition) is 1. The highest BCUT2D eigenvalue weighted by Gasteiger charge is 2.21. The van der Waals surface area contributed by atoms with E-state index in [1.54, 1.807) is 4.68 Å². The number of aryl methyl sites for hydroxylation is 1. The molecular weight excluding hydrogens is 324 g/mol. The molecule has 0 saturated heterocycles. The molecule has 3 aromatic rings. The Balaban J connectivity index is 1.99. The minimum atomic E-state index is -0.341. The minimum absolute atomic E-state index is 0.187. The molecule has 0 spiro atoms. The van der Waals surface area contributed by atoms with Crippen molar-refractivity contribution in [2.75, 3.05) is 0 Å². The highest BCUT2D eigenvalue weighted by Crippen LogP contribution is 2.15. The Labute approximate surface area is 154 Å². The molecule has 0 atom stereocenters. The van der Waals surface area contributed by atoms with Crippen LogP contribution in [0.5, 0.6) is 0 Å². The summed E-state index contributed by atoms with van der Waals surface area (Å²) in [5, 5.41) is 7.41. The fraction of sp³-hybridized carbons (Fsp3) is 0.286. The van der Waals surface area contributed by atoms with E-state index in [2.05, 4.69) is 15.4 Å². The van der Waals surface area contributed by atoms with E-state index in [9.17, 15) is 4.79 Å². The van der Waals surface area contributed by atoms with Crippen molar-refractivity contribution in [1.82, 2.24) is 20.1 Å². The van der Waals surface area contributed by atoms with Crippen LogP contribution in [0.4, 0.5) is 0 Å². The second kappa shape index (κ2) is 7.12. The summed E-state index contributed by atoms with van der Waals surface area (Å²) in [5.74, 6) is 0.656. The number of carbonyl (C=O) groups excluding carboxylic acids is 1. The number of hydrogen-bond acceptors (Lipinski definition) is 3. The fourth-order valence-electron chi connectivity index (χ4n) is 2.62. The molecule has 1 aromatic heterocycles. The van der Waals surface area contributed by atoms with Crippen molar-refractivity contribution in [2.24, 2.45) is 0 Å². The number of nitrogens with one attached hydrogen (secondary N) is 1. The molecule has 2 aromatic carbocycles. The maximum absolute atomic E-state index is 12.5. The van der Waals surface area contributed by atoms with E-state index in [4.69, 9.17) is 0 Å². The van der Waals surface area contributed by atoms with E-state index in [1.165, 1.54) is 5.56 Å². The van der Waals surface area contributed by atoms with Crippen LogP contribution >= 0.6 is 0 Å². The molecule has 3 rings (SSSR count). The number of nitrogens with zero attached hydrogens (tertiary/aromatic N) is 3. The Hall–Kier alpha value is -2.95. The van der Waals surface area contributed by atoms with Crippen molar-refractivity contribution in [3.05, 3.63) is 77.4 Å². The molecule has 5 nitrogen and oxygen atoms in total. The van der Waals surface area contributed by atoms with Crippen LogP contribution in [0.3, 0.4) is 0 Å². The normalized spacial score (nSPS) is 11.4. The SMILES string of the molecule is Cc1ccc(-n2nc(C(=O)NC(C)(C)C)nc2Cc2ccccc2)cc1. The molecule has 1 amide bonds. The van der Waals surface area contributed by atoms with Gasteiger partial charge in [0.2, 0.25) is 5.82 Å². The van der Waals surface area contributed by atoms with Gasteiger partial charge < -0.3 is 5.32 Å². The van der Waals surface area contributed by atoms with Crippen LogP contribution in [0, 0.1) is 6.92 Å². The van der Waals surface area contributed by atoms with E-state index in [0.717, 1.165) is 17.1 Å².